The van der Waals surface area contributed by atoms with Gasteiger partial charge in [0.1, 0.15) is 0 Å². The molecule has 1 rings (SSSR count). The topological polar surface area (TPSA) is 78.4 Å². The van der Waals surface area contributed by atoms with Gasteiger partial charge in [-0.25, -0.2) is 4.79 Å². The molecule has 0 aromatic carbocycles. The number of carboxylic acids is 1. The first kappa shape index (κ1) is 15.1. The van der Waals surface area contributed by atoms with E-state index in [-0.39, 0.29) is 17.3 Å². The highest BCUT2D eigenvalue weighted by Crippen LogP contribution is 2.39. The van der Waals surface area contributed by atoms with Crippen molar-refractivity contribution in [3.05, 3.63) is 0 Å². The third kappa shape index (κ3) is 4.40. The van der Waals surface area contributed by atoms with Crippen molar-refractivity contribution in [1.82, 2.24) is 10.6 Å². The number of aliphatic carboxylic acids is 1. The van der Waals surface area contributed by atoms with Gasteiger partial charge in [-0.1, -0.05) is 19.8 Å². The Morgan fingerprint density at radius 3 is 2.44 bits per heavy atom. The second-order valence-electron chi connectivity index (χ2n) is 4.90. The SMILES string of the molecule is CSC1(CNC(=O)NCC(C)C(=O)O)CCCC1. The lowest BCUT2D eigenvalue weighted by Crippen LogP contribution is -2.45. The second-order valence-corrected chi connectivity index (χ2v) is 6.17. The summed E-state index contributed by atoms with van der Waals surface area (Å²) in [7, 11) is 0. The van der Waals surface area contributed by atoms with Gasteiger partial charge in [0, 0.05) is 17.8 Å². The Labute approximate surface area is 112 Å². The Morgan fingerprint density at radius 2 is 1.94 bits per heavy atom. The van der Waals surface area contributed by atoms with Gasteiger partial charge in [0.2, 0.25) is 0 Å². The number of nitrogens with one attached hydrogen (secondary N) is 2. The molecule has 0 spiro atoms. The van der Waals surface area contributed by atoms with Gasteiger partial charge in [0.25, 0.3) is 0 Å². The van der Waals surface area contributed by atoms with Gasteiger partial charge in [-0.05, 0) is 19.1 Å². The molecule has 0 aromatic heterocycles. The van der Waals surface area contributed by atoms with Gasteiger partial charge in [-0.15, -0.1) is 0 Å². The van der Waals surface area contributed by atoms with Crippen LogP contribution in [0.1, 0.15) is 32.6 Å². The number of hydrogen-bond acceptors (Lipinski definition) is 3. The van der Waals surface area contributed by atoms with Crippen LogP contribution in [-0.4, -0.2) is 41.2 Å². The van der Waals surface area contributed by atoms with Gasteiger partial charge in [0.15, 0.2) is 0 Å². The number of urea groups is 1. The van der Waals surface area contributed by atoms with Crippen LogP contribution in [0.25, 0.3) is 0 Å². The highest BCUT2D eigenvalue weighted by Gasteiger charge is 2.33. The fourth-order valence-electron chi connectivity index (χ4n) is 2.11. The normalized spacial score (nSPS) is 19.2. The molecular weight excluding hydrogens is 252 g/mol. The Morgan fingerprint density at radius 1 is 1.33 bits per heavy atom. The summed E-state index contributed by atoms with van der Waals surface area (Å²) in [6.07, 6.45) is 6.80. The smallest absolute Gasteiger partial charge is 0.314 e. The van der Waals surface area contributed by atoms with E-state index in [9.17, 15) is 9.59 Å². The zero-order chi connectivity index (χ0) is 13.6. The minimum absolute atomic E-state index is 0.160. The van der Waals surface area contributed by atoms with Gasteiger partial charge in [-0.2, -0.15) is 11.8 Å². The number of thioether (sulfide) groups is 1. The first-order valence-corrected chi connectivity index (χ1v) is 7.51. The van der Waals surface area contributed by atoms with Crippen molar-refractivity contribution in [2.45, 2.75) is 37.4 Å². The predicted octanol–water partition coefficient (Wildman–Crippen LogP) is 1.68. The number of hydrogen-bond donors (Lipinski definition) is 3. The monoisotopic (exact) mass is 274 g/mol. The Bertz CT molecular complexity index is 304. The van der Waals surface area contributed by atoms with E-state index in [1.165, 1.54) is 12.8 Å². The maximum Gasteiger partial charge on any atom is 0.314 e. The molecule has 0 aromatic rings. The molecule has 0 bridgehead atoms. The van der Waals surface area contributed by atoms with Crippen LogP contribution in [0.4, 0.5) is 4.79 Å². The molecule has 1 saturated carbocycles. The molecule has 104 valence electrons. The lowest BCUT2D eigenvalue weighted by Gasteiger charge is -2.27. The standard InChI is InChI=1S/C12H22N2O3S/c1-9(10(15)16)7-13-11(17)14-8-12(18-2)5-3-4-6-12/h9H,3-8H2,1-2H3,(H,15,16)(H2,13,14,17). The minimum atomic E-state index is -0.897. The van der Waals surface area contributed by atoms with Crippen molar-refractivity contribution < 1.29 is 14.7 Å². The van der Waals surface area contributed by atoms with Crippen molar-refractivity contribution in [3.8, 4) is 0 Å². The van der Waals surface area contributed by atoms with Gasteiger partial charge in [0.05, 0.1) is 5.92 Å². The first-order valence-electron chi connectivity index (χ1n) is 6.29. The van der Waals surface area contributed by atoms with E-state index in [1.54, 1.807) is 6.92 Å². The van der Waals surface area contributed by atoms with E-state index in [0.717, 1.165) is 12.8 Å². The molecule has 1 aliphatic rings. The number of amides is 2. The molecule has 3 N–H and O–H groups in total. The molecule has 5 nitrogen and oxygen atoms in total. The second kappa shape index (κ2) is 6.87. The van der Waals surface area contributed by atoms with E-state index in [0.29, 0.717) is 6.54 Å². The third-order valence-electron chi connectivity index (χ3n) is 3.51. The maximum absolute atomic E-state index is 11.6. The van der Waals surface area contributed by atoms with Crippen molar-refractivity contribution in [2.75, 3.05) is 19.3 Å². The fourth-order valence-corrected chi connectivity index (χ4v) is 3.02. The van der Waals surface area contributed by atoms with Crippen molar-refractivity contribution in [2.24, 2.45) is 5.92 Å². The molecule has 1 aliphatic carbocycles. The van der Waals surface area contributed by atoms with Crippen LogP contribution in [0.2, 0.25) is 0 Å². The van der Waals surface area contributed by atoms with Crippen LogP contribution < -0.4 is 10.6 Å². The molecule has 0 heterocycles. The number of rotatable bonds is 6. The quantitative estimate of drug-likeness (QED) is 0.688. The maximum atomic E-state index is 11.6. The highest BCUT2D eigenvalue weighted by atomic mass is 32.2. The average Bonchev–Trinajstić information content (AvgIpc) is 2.82. The zero-order valence-electron chi connectivity index (χ0n) is 11.0. The molecule has 0 aliphatic heterocycles. The minimum Gasteiger partial charge on any atom is -0.481 e. The van der Waals surface area contributed by atoms with Crippen LogP contribution in [0.3, 0.4) is 0 Å². The number of carbonyl (C=O) groups excluding carboxylic acids is 1. The molecule has 18 heavy (non-hydrogen) atoms. The molecule has 6 heteroatoms. The Hall–Kier alpha value is -0.910. The summed E-state index contributed by atoms with van der Waals surface area (Å²) < 4.78 is 0.176. The summed E-state index contributed by atoms with van der Waals surface area (Å²) in [6.45, 7) is 2.39. The predicted molar refractivity (Wildman–Crippen MR) is 72.9 cm³/mol. The van der Waals surface area contributed by atoms with Crippen molar-refractivity contribution in [3.63, 3.8) is 0 Å². The number of carboxylic acid groups (broad SMARTS) is 1. The molecule has 1 atom stereocenters. The van der Waals surface area contributed by atoms with E-state index in [1.807, 2.05) is 11.8 Å². The summed E-state index contributed by atoms with van der Waals surface area (Å²) in [4.78, 5) is 22.2. The van der Waals surface area contributed by atoms with E-state index < -0.39 is 11.9 Å². The molecule has 1 unspecified atom stereocenters. The van der Waals surface area contributed by atoms with Crippen molar-refractivity contribution >= 4 is 23.8 Å². The van der Waals surface area contributed by atoms with Crippen LogP contribution in [0.5, 0.6) is 0 Å². The first-order chi connectivity index (χ1) is 8.49. The number of carbonyl (C=O) groups is 2. The largest absolute Gasteiger partial charge is 0.481 e. The Kier molecular flexibility index (Phi) is 5.78. The lowest BCUT2D eigenvalue weighted by molar-refractivity contribution is -0.140. The van der Waals surface area contributed by atoms with E-state index in [4.69, 9.17) is 5.11 Å². The van der Waals surface area contributed by atoms with Crippen molar-refractivity contribution in [1.29, 1.82) is 0 Å². The van der Waals surface area contributed by atoms with E-state index in [2.05, 4.69) is 16.9 Å². The van der Waals surface area contributed by atoms with Gasteiger partial charge < -0.3 is 15.7 Å². The van der Waals surface area contributed by atoms with Gasteiger partial charge >= 0.3 is 12.0 Å². The molecule has 1 fully saturated rings. The Balaban J connectivity index is 2.26. The lowest BCUT2D eigenvalue weighted by atomic mass is 10.1. The fraction of sp³-hybridized carbons (Fsp3) is 0.833. The molecular formula is C12H22N2O3S. The van der Waals surface area contributed by atoms with Crippen LogP contribution >= 0.6 is 11.8 Å². The third-order valence-corrected chi connectivity index (χ3v) is 4.93. The molecule has 0 radical (unpaired) electrons. The zero-order valence-corrected chi connectivity index (χ0v) is 11.8. The van der Waals surface area contributed by atoms with Crippen LogP contribution in [-0.2, 0) is 4.79 Å². The average molecular weight is 274 g/mol. The van der Waals surface area contributed by atoms with E-state index >= 15 is 0 Å². The molecule has 2 amide bonds. The van der Waals surface area contributed by atoms with Crippen LogP contribution in [0, 0.1) is 5.92 Å². The summed E-state index contributed by atoms with van der Waals surface area (Å²) in [6, 6.07) is -0.275. The van der Waals surface area contributed by atoms with Crippen LogP contribution in [0.15, 0.2) is 0 Å². The van der Waals surface area contributed by atoms with Gasteiger partial charge in [-0.3, -0.25) is 4.79 Å². The summed E-state index contributed by atoms with van der Waals surface area (Å²) in [5.41, 5.74) is 0. The summed E-state index contributed by atoms with van der Waals surface area (Å²) in [5.74, 6) is -1.46. The highest BCUT2D eigenvalue weighted by molar-refractivity contribution is 8.00. The molecule has 0 saturated heterocycles. The summed E-state index contributed by atoms with van der Waals surface area (Å²) in [5, 5.41) is 14.1. The summed E-state index contributed by atoms with van der Waals surface area (Å²) >= 11 is 1.81.